The van der Waals surface area contributed by atoms with E-state index >= 15 is 0 Å². The predicted molar refractivity (Wildman–Crippen MR) is 118 cm³/mol. The fourth-order valence-electron chi connectivity index (χ4n) is 4.73. The summed E-state index contributed by atoms with van der Waals surface area (Å²) in [7, 11) is 0. The molecule has 1 N–H and O–H groups in total. The quantitative estimate of drug-likeness (QED) is 0.686. The Bertz CT molecular complexity index is 796. The van der Waals surface area contributed by atoms with Crippen molar-refractivity contribution >= 4 is 23.4 Å². The highest BCUT2D eigenvalue weighted by atomic mass is 35.5. The van der Waals surface area contributed by atoms with E-state index in [4.69, 9.17) is 16.3 Å². The van der Waals surface area contributed by atoms with Crippen molar-refractivity contribution in [2.45, 2.75) is 69.9 Å². The lowest BCUT2D eigenvalue weighted by Crippen LogP contribution is -2.44. The summed E-state index contributed by atoms with van der Waals surface area (Å²) < 4.78 is 6.12. The van der Waals surface area contributed by atoms with Crippen LogP contribution in [0.1, 0.15) is 68.1 Å². The fraction of sp³-hybridized carbons (Fsp3) is 0.583. The normalized spacial score (nSPS) is 22.8. The van der Waals surface area contributed by atoms with Gasteiger partial charge in [0, 0.05) is 43.5 Å². The SMILES string of the molecule is O=C(NC1CCCC1)c1ccc(OC2CCN(C(=O)[C@H]3CC=CCC3)CC2)c(Cl)c1. The molecule has 3 aliphatic rings. The Morgan fingerprint density at radius 2 is 1.80 bits per heavy atom. The predicted octanol–water partition coefficient (Wildman–Crippen LogP) is 4.74. The van der Waals surface area contributed by atoms with E-state index in [1.54, 1.807) is 18.2 Å². The number of rotatable bonds is 5. The molecule has 162 valence electrons. The first-order valence-corrected chi connectivity index (χ1v) is 11.7. The van der Waals surface area contributed by atoms with Gasteiger partial charge in [0.15, 0.2) is 0 Å². The largest absolute Gasteiger partial charge is 0.489 e. The molecule has 4 rings (SSSR count). The van der Waals surface area contributed by atoms with Crippen LogP contribution in [-0.4, -0.2) is 41.9 Å². The van der Waals surface area contributed by atoms with E-state index in [1.165, 1.54) is 12.8 Å². The number of amides is 2. The second-order valence-corrected chi connectivity index (χ2v) is 9.13. The first-order valence-electron chi connectivity index (χ1n) is 11.3. The standard InChI is InChI=1S/C24H31ClN2O3/c25-21-16-18(23(28)26-19-8-4-5-9-19)10-11-22(21)30-20-12-14-27(15-13-20)24(29)17-6-2-1-3-7-17/h1-2,10-11,16-17,19-20H,3-9,12-15H2,(H,26,28)/t17-/m0/s1. The van der Waals surface area contributed by atoms with Crippen LogP contribution >= 0.6 is 11.6 Å². The molecule has 0 bridgehead atoms. The number of ether oxygens (including phenoxy) is 1. The number of allylic oxidation sites excluding steroid dienone is 2. The number of nitrogens with one attached hydrogen (secondary N) is 1. The summed E-state index contributed by atoms with van der Waals surface area (Å²) >= 11 is 6.41. The van der Waals surface area contributed by atoms with Crippen molar-refractivity contribution in [2.75, 3.05) is 13.1 Å². The van der Waals surface area contributed by atoms with E-state index in [0.717, 1.165) is 58.0 Å². The number of benzene rings is 1. The maximum atomic E-state index is 12.7. The van der Waals surface area contributed by atoms with Crippen molar-refractivity contribution in [1.29, 1.82) is 0 Å². The monoisotopic (exact) mass is 430 g/mol. The van der Waals surface area contributed by atoms with Gasteiger partial charge >= 0.3 is 0 Å². The lowest BCUT2D eigenvalue weighted by atomic mass is 9.92. The molecule has 6 heteroatoms. The van der Waals surface area contributed by atoms with Crippen molar-refractivity contribution in [3.05, 3.63) is 40.9 Å². The van der Waals surface area contributed by atoms with E-state index < -0.39 is 0 Å². The molecular weight excluding hydrogens is 400 g/mol. The molecule has 1 heterocycles. The number of halogens is 1. The first-order chi connectivity index (χ1) is 14.6. The van der Waals surface area contributed by atoms with E-state index in [2.05, 4.69) is 17.5 Å². The minimum atomic E-state index is -0.0697. The first kappa shape index (κ1) is 21.2. The maximum Gasteiger partial charge on any atom is 0.251 e. The van der Waals surface area contributed by atoms with Crippen molar-refractivity contribution in [1.82, 2.24) is 10.2 Å². The van der Waals surface area contributed by atoms with Crippen LogP contribution in [0.3, 0.4) is 0 Å². The van der Waals surface area contributed by atoms with Crippen molar-refractivity contribution in [3.8, 4) is 5.75 Å². The Morgan fingerprint density at radius 1 is 1.03 bits per heavy atom. The smallest absolute Gasteiger partial charge is 0.251 e. The Morgan fingerprint density at radius 3 is 2.47 bits per heavy atom. The van der Waals surface area contributed by atoms with Gasteiger partial charge in [-0.2, -0.15) is 0 Å². The summed E-state index contributed by atoms with van der Waals surface area (Å²) in [5.41, 5.74) is 0.571. The summed E-state index contributed by atoms with van der Waals surface area (Å²) in [5, 5.41) is 3.55. The van der Waals surface area contributed by atoms with Gasteiger partial charge in [0.1, 0.15) is 11.9 Å². The van der Waals surface area contributed by atoms with E-state index in [1.807, 2.05) is 4.90 Å². The zero-order chi connectivity index (χ0) is 20.9. The Balaban J connectivity index is 1.28. The molecule has 5 nitrogen and oxygen atoms in total. The molecule has 1 saturated heterocycles. The van der Waals surface area contributed by atoms with Crippen molar-refractivity contribution in [2.24, 2.45) is 5.92 Å². The van der Waals surface area contributed by atoms with E-state index in [-0.39, 0.29) is 29.9 Å². The number of hydrogen-bond donors (Lipinski definition) is 1. The van der Waals surface area contributed by atoms with Crippen molar-refractivity contribution in [3.63, 3.8) is 0 Å². The maximum absolute atomic E-state index is 12.7. The third-order valence-electron chi connectivity index (χ3n) is 6.55. The minimum Gasteiger partial charge on any atom is -0.489 e. The van der Waals surface area contributed by atoms with E-state index in [9.17, 15) is 9.59 Å². The molecule has 2 aliphatic carbocycles. The number of carbonyl (C=O) groups excluding carboxylic acids is 2. The minimum absolute atomic E-state index is 0.0379. The number of likely N-dealkylation sites (tertiary alicyclic amines) is 1. The molecule has 0 unspecified atom stereocenters. The molecule has 2 fully saturated rings. The fourth-order valence-corrected chi connectivity index (χ4v) is 4.95. The van der Waals surface area contributed by atoms with E-state index in [0.29, 0.717) is 16.3 Å². The average molecular weight is 431 g/mol. The lowest BCUT2D eigenvalue weighted by molar-refractivity contribution is -0.137. The molecule has 0 spiro atoms. The van der Waals surface area contributed by atoms with Crippen LogP contribution in [0.15, 0.2) is 30.4 Å². The van der Waals surface area contributed by atoms with Gasteiger partial charge in [-0.25, -0.2) is 0 Å². The third-order valence-corrected chi connectivity index (χ3v) is 6.85. The van der Waals surface area contributed by atoms with Gasteiger partial charge < -0.3 is 15.0 Å². The molecule has 2 amide bonds. The molecule has 1 aromatic rings. The molecular formula is C24H31ClN2O3. The average Bonchev–Trinajstić information content (AvgIpc) is 3.29. The molecule has 30 heavy (non-hydrogen) atoms. The zero-order valence-electron chi connectivity index (χ0n) is 17.4. The second-order valence-electron chi connectivity index (χ2n) is 8.72. The van der Waals surface area contributed by atoms with Crippen LogP contribution in [0.4, 0.5) is 0 Å². The molecule has 1 aromatic carbocycles. The van der Waals surface area contributed by atoms with Gasteiger partial charge in [0.25, 0.3) is 5.91 Å². The van der Waals surface area contributed by atoms with Crippen molar-refractivity contribution < 1.29 is 14.3 Å². The third kappa shape index (κ3) is 5.18. The highest BCUT2D eigenvalue weighted by molar-refractivity contribution is 6.32. The molecule has 1 aliphatic heterocycles. The van der Waals surface area contributed by atoms with Crippen LogP contribution in [-0.2, 0) is 4.79 Å². The molecule has 1 atom stereocenters. The highest BCUT2D eigenvalue weighted by Crippen LogP contribution is 2.30. The zero-order valence-corrected chi connectivity index (χ0v) is 18.2. The van der Waals surface area contributed by atoms with Gasteiger partial charge in [0.2, 0.25) is 5.91 Å². The molecule has 0 radical (unpaired) electrons. The summed E-state index contributed by atoms with van der Waals surface area (Å²) in [6, 6.07) is 5.54. The Kier molecular flexibility index (Phi) is 6.98. The van der Waals surface area contributed by atoms with Gasteiger partial charge in [-0.15, -0.1) is 0 Å². The number of hydrogen-bond acceptors (Lipinski definition) is 3. The van der Waals surface area contributed by atoms with Gasteiger partial charge in [-0.1, -0.05) is 36.6 Å². The summed E-state index contributed by atoms with van der Waals surface area (Å²) in [4.78, 5) is 27.1. The second kappa shape index (κ2) is 9.86. The lowest BCUT2D eigenvalue weighted by Gasteiger charge is -2.34. The Labute approximate surface area is 183 Å². The highest BCUT2D eigenvalue weighted by Gasteiger charge is 2.29. The molecule has 0 aromatic heterocycles. The number of nitrogens with zero attached hydrogens (tertiary/aromatic N) is 1. The summed E-state index contributed by atoms with van der Waals surface area (Å²) in [6.07, 6.45) is 13.2. The summed E-state index contributed by atoms with van der Waals surface area (Å²) in [5.74, 6) is 0.967. The Hall–Kier alpha value is -2.01. The van der Waals surface area contributed by atoms with Gasteiger partial charge in [-0.05, 0) is 50.3 Å². The number of piperidine rings is 1. The topological polar surface area (TPSA) is 58.6 Å². The number of carbonyl (C=O) groups is 2. The van der Waals surface area contributed by atoms with Crippen LogP contribution in [0.2, 0.25) is 5.02 Å². The van der Waals surface area contributed by atoms with Crippen LogP contribution < -0.4 is 10.1 Å². The van der Waals surface area contributed by atoms with Gasteiger partial charge in [-0.3, -0.25) is 9.59 Å². The molecule has 1 saturated carbocycles. The summed E-state index contributed by atoms with van der Waals surface area (Å²) in [6.45, 7) is 1.45. The van der Waals surface area contributed by atoms with Crippen LogP contribution in [0, 0.1) is 5.92 Å². The van der Waals surface area contributed by atoms with Crippen LogP contribution in [0.5, 0.6) is 5.75 Å². The van der Waals surface area contributed by atoms with Crippen LogP contribution in [0.25, 0.3) is 0 Å². The van der Waals surface area contributed by atoms with Gasteiger partial charge in [0.05, 0.1) is 5.02 Å².